The average Bonchev–Trinajstić information content (AvgIpc) is 3.64. The quantitative estimate of drug-likeness (QED) is 0.427. The van der Waals surface area contributed by atoms with Crippen LogP contribution in [0.1, 0.15) is 49.4 Å². The molecule has 1 fully saturated rings. The van der Waals surface area contributed by atoms with Crippen LogP contribution in [0.2, 0.25) is 0 Å². The van der Waals surface area contributed by atoms with E-state index in [1.807, 2.05) is 0 Å². The van der Waals surface area contributed by atoms with Gasteiger partial charge in [-0.25, -0.2) is 14.8 Å². The highest BCUT2D eigenvalue weighted by Gasteiger charge is 2.32. The van der Waals surface area contributed by atoms with E-state index in [1.54, 1.807) is 24.3 Å². The van der Waals surface area contributed by atoms with Gasteiger partial charge in [0.15, 0.2) is 11.4 Å². The molecule has 0 atom stereocenters. The molecule has 0 bridgehead atoms. The summed E-state index contributed by atoms with van der Waals surface area (Å²) in [6.07, 6.45) is -1.16. The van der Waals surface area contributed by atoms with Crippen LogP contribution in [0.15, 0.2) is 54.7 Å². The number of halogens is 3. The number of nitrogens with one attached hydrogen (secondary N) is 1. The van der Waals surface area contributed by atoms with Crippen molar-refractivity contribution in [2.75, 3.05) is 5.32 Å². The lowest BCUT2D eigenvalue weighted by Crippen LogP contribution is -2.37. The minimum Gasteiger partial charge on any atom is -0.478 e. The number of carboxylic acid groups (broad SMARTS) is 1. The zero-order valence-electron chi connectivity index (χ0n) is 19.6. The first-order valence-electron chi connectivity index (χ1n) is 11.3. The first-order chi connectivity index (χ1) is 16.9. The predicted octanol–water partition coefficient (Wildman–Crippen LogP) is 5.46. The molecule has 0 unspecified atom stereocenters. The Morgan fingerprint density at radius 2 is 1.81 bits per heavy atom. The molecule has 2 aromatic carbocycles. The number of carbonyl (C=O) groups is 2. The van der Waals surface area contributed by atoms with Gasteiger partial charge in [0.2, 0.25) is 5.91 Å². The molecule has 3 aromatic rings. The lowest BCUT2D eigenvalue weighted by Gasteiger charge is -2.21. The molecule has 1 saturated carbocycles. The molecule has 1 aromatic heterocycles. The number of amides is 1. The van der Waals surface area contributed by atoms with Crippen molar-refractivity contribution in [1.29, 1.82) is 0 Å². The maximum absolute atomic E-state index is 12.9. The molecule has 0 saturated heterocycles. The van der Waals surface area contributed by atoms with Gasteiger partial charge in [0, 0.05) is 11.5 Å². The Hall–Kier alpha value is -3.95. The molecule has 1 amide bonds. The third-order valence-corrected chi connectivity index (χ3v) is 5.68. The maximum Gasteiger partial charge on any atom is 0.416 e. The number of anilines is 1. The average molecular weight is 499 g/mol. The van der Waals surface area contributed by atoms with E-state index < -0.39 is 23.3 Å². The molecule has 0 aliphatic heterocycles. The van der Waals surface area contributed by atoms with Crippen LogP contribution < -0.4 is 10.1 Å². The Morgan fingerprint density at radius 3 is 2.42 bits per heavy atom. The van der Waals surface area contributed by atoms with E-state index in [-0.39, 0.29) is 24.1 Å². The zero-order chi connectivity index (χ0) is 26.1. The molecule has 188 valence electrons. The van der Waals surface area contributed by atoms with E-state index >= 15 is 0 Å². The fraction of sp³-hybridized carbons (Fsp3) is 0.308. The van der Waals surface area contributed by atoms with Crippen LogP contribution >= 0.6 is 0 Å². The largest absolute Gasteiger partial charge is 0.478 e. The van der Waals surface area contributed by atoms with Crippen LogP contribution in [0.5, 0.6) is 5.75 Å². The molecule has 0 spiro atoms. The van der Waals surface area contributed by atoms with Crippen LogP contribution in [0.4, 0.5) is 18.9 Å². The number of nitrogens with zero attached hydrogens (tertiary/aromatic N) is 2. The van der Waals surface area contributed by atoms with E-state index in [0.717, 1.165) is 25.0 Å². The summed E-state index contributed by atoms with van der Waals surface area (Å²) in [7, 11) is 0. The van der Waals surface area contributed by atoms with Crippen LogP contribution in [-0.2, 0) is 22.2 Å². The number of hydrogen-bond acceptors (Lipinski definition) is 5. The SMILES string of the molecule is CC(C)(Oc1cccc(CC(=O)Nc2cnc(-c3ccc(C(F)(F)F)cc3)nc2C2CC2)c1)C(=O)O. The monoisotopic (exact) mass is 499 g/mol. The van der Waals surface area contributed by atoms with Gasteiger partial charge in [-0.3, -0.25) is 4.79 Å². The number of aliphatic carboxylic acids is 1. The van der Waals surface area contributed by atoms with Crippen LogP contribution in [0.25, 0.3) is 11.4 Å². The molecule has 7 nitrogen and oxygen atoms in total. The Labute approximate surface area is 205 Å². The van der Waals surface area contributed by atoms with Gasteiger partial charge in [-0.15, -0.1) is 0 Å². The van der Waals surface area contributed by atoms with Crippen molar-refractivity contribution in [2.45, 2.75) is 50.8 Å². The number of hydrogen-bond donors (Lipinski definition) is 2. The Bertz CT molecular complexity index is 1290. The summed E-state index contributed by atoms with van der Waals surface area (Å²) in [5.41, 5.74) is 0.00151. The van der Waals surface area contributed by atoms with Crippen molar-refractivity contribution in [1.82, 2.24) is 9.97 Å². The first-order valence-corrected chi connectivity index (χ1v) is 11.3. The summed E-state index contributed by atoms with van der Waals surface area (Å²) in [6, 6.07) is 11.3. The summed E-state index contributed by atoms with van der Waals surface area (Å²) < 4.78 is 44.1. The lowest BCUT2D eigenvalue weighted by atomic mass is 10.1. The minimum atomic E-state index is -4.43. The summed E-state index contributed by atoms with van der Waals surface area (Å²) in [4.78, 5) is 32.9. The highest BCUT2D eigenvalue weighted by Crippen LogP contribution is 2.43. The fourth-order valence-electron chi connectivity index (χ4n) is 3.54. The van der Waals surface area contributed by atoms with Crippen molar-refractivity contribution in [2.24, 2.45) is 0 Å². The normalized spacial score (nSPS) is 13.8. The molecule has 1 heterocycles. The van der Waals surface area contributed by atoms with E-state index in [9.17, 15) is 27.9 Å². The molecule has 1 aliphatic carbocycles. The Morgan fingerprint density at radius 1 is 1.11 bits per heavy atom. The number of alkyl halides is 3. The highest BCUT2D eigenvalue weighted by molar-refractivity contribution is 5.93. The Balaban J connectivity index is 1.48. The Kier molecular flexibility index (Phi) is 6.71. The second kappa shape index (κ2) is 9.60. The van der Waals surface area contributed by atoms with Crippen molar-refractivity contribution in [3.63, 3.8) is 0 Å². The molecule has 10 heteroatoms. The molecular formula is C26H24F3N3O4. The standard InChI is InChI=1S/C26H24F3N3O4/c1-25(2,24(34)35)36-19-5-3-4-15(12-19)13-21(33)31-20-14-30-23(32-22(20)16-6-7-16)17-8-10-18(11-9-17)26(27,28)29/h3-5,8-12,14,16H,6-7,13H2,1-2H3,(H,31,33)(H,34,35). The van der Waals surface area contributed by atoms with Gasteiger partial charge in [-0.05, 0) is 56.5 Å². The number of ether oxygens (including phenoxy) is 1. The van der Waals surface area contributed by atoms with E-state index in [2.05, 4.69) is 15.3 Å². The smallest absolute Gasteiger partial charge is 0.416 e. The number of aromatic nitrogens is 2. The first kappa shape index (κ1) is 25.2. The third-order valence-electron chi connectivity index (χ3n) is 5.68. The number of rotatable bonds is 8. The minimum absolute atomic E-state index is 0.00939. The molecule has 2 N–H and O–H groups in total. The highest BCUT2D eigenvalue weighted by atomic mass is 19.4. The molecule has 4 rings (SSSR count). The predicted molar refractivity (Wildman–Crippen MR) is 126 cm³/mol. The summed E-state index contributed by atoms with van der Waals surface area (Å²) in [6.45, 7) is 2.87. The molecule has 36 heavy (non-hydrogen) atoms. The lowest BCUT2D eigenvalue weighted by molar-refractivity contribution is -0.152. The van der Waals surface area contributed by atoms with E-state index in [0.29, 0.717) is 28.3 Å². The van der Waals surface area contributed by atoms with E-state index in [1.165, 1.54) is 32.2 Å². The number of benzene rings is 2. The van der Waals surface area contributed by atoms with Gasteiger partial charge < -0.3 is 15.2 Å². The van der Waals surface area contributed by atoms with Gasteiger partial charge in [-0.2, -0.15) is 13.2 Å². The second-order valence-corrected chi connectivity index (χ2v) is 9.13. The summed E-state index contributed by atoms with van der Waals surface area (Å²) in [5.74, 6) is -0.674. The summed E-state index contributed by atoms with van der Waals surface area (Å²) in [5, 5.41) is 12.1. The zero-order valence-corrected chi connectivity index (χ0v) is 19.6. The number of carbonyl (C=O) groups excluding carboxylic acids is 1. The van der Waals surface area contributed by atoms with Crippen molar-refractivity contribution in [3.8, 4) is 17.1 Å². The summed E-state index contributed by atoms with van der Waals surface area (Å²) >= 11 is 0. The van der Waals surface area contributed by atoms with Gasteiger partial charge >= 0.3 is 12.1 Å². The van der Waals surface area contributed by atoms with Crippen LogP contribution in [0.3, 0.4) is 0 Å². The molecular weight excluding hydrogens is 475 g/mol. The van der Waals surface area contributed by atoms with E-state index in [4.69, 9.17) is 4.74 Å². The second-order valence-electron chi connectivity index (χ2n) is 9.13. The van der Waals surface area contributed by atoms with Gasteiger partial charge in [0.25, 0.3) is 0 Å². The van der Waals surface area contributed by atoms with Crippen molar-refractivity contribution >= 4 is 17.6 Å². The van der Waals surface area contributed by atoms with Crippen LogP contribution in [0, 0.1) is 0 Å². The van der Waals surface area contributed by atoms with Crippen molar-refractivity contribution in [3.05, 3.63) is 71.5 Å². The maximum atomic E-state index is 12.9. The topological polar surface area (TPSA) is 101 Å². The molecule has 1 aliphatic rings. The third kappa shape index (κ3) is 5.99. The number of carboxylic acids is 1. The van der Waals surface area contributed by atoms with Gasteiger partial charge in [-0.1, -0.05) is 24.3 Å². The van der Waals surface area contributed by atoms with Crippen molar-refractivity contribution < 1.29 is 32.6 Å². The van der Waals surface area contributed by atoms with Crippen LogP contribution in [-0.4, -0.2) is 32.6 Å². The fourth-order valence-corrected chi connectivity index (χ4v) is 3.54. The van der Waals surface area contributed by atoms with Gasteiger partial charge in [0.05, 0.1) is 29.6 Å². The van der Waals surface area contributed by atoms with Gasteiger partial charge in [0.1, 0.15) is 5.75 Å². The molecule has 0 radical (unpaired) electrons.